The summed E-state index contributed by atoms with van der Waals surface area (Å²) in [6, 6.07) is 0. The molecule has 1 rings (SSSR count). The lowest BCUT2D eigenvalue weighted by Crippen LogP contribution is -1.97. The van der Waals surface area contributed by atoms with Gasteiger partial charge in [-0.15, -0.1) is 0 Å². The fourth-order valence-corrected chi connectivity index (χ4v) is 1.93. The van der Waals surface area contributed by atoms with Gasteiger partial charge in [0.1, 0.15) is 0 Å². The first kappa shape index (κ1) is 8.10. The van der Waals surface area contributed by atoms with Gasteiger partial charge in [-0.25, -0.2) is 0 Å². The highest BCUT2D eigenvalue weighted by molar-refractivity contribution is 4.69. The second-order valence-corrected chi connectivity index (χ2v) is 3.50. The van der Waals surface area contributed by atoms with Crippen LogP contribution in [0.25, 0.3) is 0 Å². The van der Waals surface area contributed by atoms with Crippen LogP contribution >= 0.6 is 0 Å². The minimum absolute atomic E-state index is 1.03. The Balaban J connectivity index is 2.15. The highest BCUT2D eigenvalue weighted by Gasteiger charge is 2.10. The van der Waals surface area contributed by atoms with Gasteiger partial charge in [0.15, 0.2) is 0 Å². The molecule has 1 aliphatic rings. The Morgan fingerprint density at radius 3 is 2.20 bits per heavy atom. The van der Waals surface area contributed by atoms with Crippen LogP contribution in [-0.2, 0) is 0 Å². The van der Waals surface area contributed by atoms with E-state index in [-0.39, 0.29) is 0 Å². The third kappa shape index (κ3) is 2.72. The fraction of sp³-hybridized carbons (Fsp3) is 0.900. The molecule has 0 bridgehead atoms. The maximum absolute atomic E-state index is 2.33. The van der Waals surface area contributed by atoms with Crippen molar-refractivity contribution in [3.63, 3.8) is 0 Å². The summed E-state index contributed by atoms with van der Waals surface area (Å²) >= 11 is 0. The minimum atomic E-state index is 1.03. The summed E-state index contributed by atoms with van der Waals surface area (Å²) in [6.45, 7) is 2.19. The van der Waals surface area contributed by atoms with Crippen LogP contribution in [-0.4, -0.2) is 0 Å². The Bertz CT molecular complexity index is 68.1. The third-order valence-electron chi connectivity index (χ3n) is 2.54. The molecule has 1 fully saturated rings. The molecule has 0 nitrogen and oxygen atoms in total. The molecule has 0 atom stereocenters. The van der Waals surface area contributed by atoms with E-state index in [1.165, 1.54) is 44.9 Å². The lowest BCUT2D eigenvalue weighted by atomic mass is 9.96. The summed E-state index contributed by atoms with van der Waals surface area (Å²) in [5, 5.41) is 0. The van der Waals surface area contributed by atoms with Gasteiger partial charge in [-0.1, -0.05) is 45.4 Å². The van der Waals surface area contributed by atoms with Crippen LogP contribution in [0.15, 0.2) is 0 Å². The van der Waals surface area contributed by atoms with E-state index in [1.54, 1.807) is 0 Å². The number of hydrogen-bond acceptors (Lipinski definition) is 0. The molecule has 0 saturated heterocycles. The van der Waals surface area contributed by atoms with Crippen LogP contribution in [0.2, 0.25) is 0 Å². The van der Waals surface area contributed by atoms with E-state index >= 15 is 0 Å². The molecule has 0 spiro atoms. The molecule has 0 amide bonds. The molecule has 0 heterocycles. The van der Waals surface area contributed by atoms with Crippen molar-refractivity contribution in [2.75, 3.05) is 0 Å². The van der Waals surface area contributed by atoms with Gasteiger partial charge < -0.3 is 0 Å². The molecule has 1 radical (unpaired) electrons. The molecule has 0 N–H and O–H groups in total. The summed E-state index contributed by atoms with van der Waals surface area (Å²) in [4.78, 5) is 0. The molecule has 0 heteroatoms. The van der Waals surface area contributed by atoms with Crippen molar-refractivity contribution in [1.29, 1.82) is 0 Å². The summed E-state index contributed by atoms with van der Waals surface area (Å²) in [7, 11) is 0. The Labute approximate surface area is 65.0 Å². The lowest BCUT2D eigenvalue weighted by Gasteiger charge is -2.10. The molecule has 59 valence electrons. The highest BCUT2D eigenvalue weighted by Crippen LogP contribution is 2.25. The highest BCUT2D eigenvalue weighted by atomic mass is 14.2. The largest absolute Gasteiger partial charge is 0.0622 e. The van der Waals surface area contributed by atoms with Crippen LogP contribution in [0.3, 0.4) is 0 Å². The summed E-state index contributed by atoms with van der Waals surface area (Å²) in [5.41, 5.74) is 0. The van der Waals surface area contributed by atoms with Gasteiger partial charge in [-0.2, -0.15) is 0 Å². The maximum Gasteiger partial charge on any atom is -0.0412 e. The monoisotopic (exact) mass is 139 g/mol. The second-order valence-electron chi connectivity index (χ2n) is 3.50. The normalized spacial score (nSPS) is 22.5. The van der Waals surface area contributed by atoms with E-state index in [2.05, 4.69) is 13.3 Å². The first-order valence-corrected chi connectivity index (χ1v) is 4.71. The van der Waals surface area contributed by atoms with Crippen LogP contribution < -0.4 is 0 Å². The molecule has 1 aliphatic carbocycles. The minimum Gasteiger partial charge on any atom is -0.0622 e. The predicted octanol–water partition coefficient (Wildman–Crippen LogP) is 3.57. The van der Waals surface area contributed by atoms with E-state index in [1.807, 2.05) is 0 Å². The van der Waals surface area contributed by atoms with Gasteiger partial charge in [-0.05, 0) is 18.8 Å². The van der Waals surface area contributed by atoms with Gasteiger partial charge in [0.2, 0.25) is 0 Å². The quantitative estimate of drug-likeness (QED) is 0.513. The Hall–Kier alpha value is 0. The van der Waals surface area contributed by atoms with E-state index in [0.29, 0.717) is 0 Å². The van der Waals surface area contributed by atoms with E-state index < -0.39 is 0 Å². The zero-order valence-electron chi connectivity index (χ0n) is 7.10. The van der Waals surface area contributed by atoms with E-state index in [9.17, 15) is 0 Å². The van der Waals surface area contributed by atoms with Crippen molar-refractivity contribution in [3.8, 4) is 0 Å². The van der Waals surface area contributed by atoms with Crippen LogP contribution in [0, 0.1) is 12.3 Å². The smallest absolute Gasteiger partial charge is 0.0412 e. The molecule has 0 unspecified atom stereocenters. The topological polar surface area (TPSA) is 0 Å². The van der Waals surface area contributed by atoms with E-state index in [4.69, 9.17) is 0 Å². The van der Waals surface area contributed by atoms with Crippen LogP contribution in [0.1, 0.15) is 51.9 Å². The average Bonchev–Trinajstić information content (AvgIpc) is 2.17. The molecular weight excluding hydrogens is 120 g/mol. The molecule has 0 aromatic rings. The summed E-state index contributed by atoms with van der Waals surface area (Å²) < 4.78 is 0. The maximum atomic E-state index is 2.33. The SMILES string of the molecule is C[CH]CC1CCCCCC1. The van der Waals surface area contributed by atoms with Crippen molar-refractivity contribution >= 4 is 0 Å². The molecule has 0 aromatic heterocycles. The summed E-state index contributed by atoms with van der Waals surface area (Å²) in [5.74, 6) is 1.03. The Kier molecular flexibility index (Phi) is 3.86. The van der Waals surface area contributed by atoms with Gasteiger partial charge >= 0.3 is 0 Å². The second kappa shape index (κ2) is 4.76. The van der Waals surface area contributed by atoms with Gasteiger partial charge in [0, 0.05) is 0 Å². The van der Waals surface area contributed by atoms with Crippen LogP contribution in [0.4, 0.5) is 0 Å². The standard InChI is InChI=1S/C10H19/c1-2-7-10-8-5-3-4-6-9-10/h2,10H,3-9H2,1H3. The molecular formula is C10H19. The fourth-order valence-electron chi connectivity index (χ4n) is 1.93. The molecule has 10 heavy (non-hydrogen) atoms. The lowest BCUT2D eigenvalue weighted by molar-refractivity contribution is 0.454. The summed E-state index contributed by atoms with van der Waals surface area (Å²) in [6.07, 6.45) is 12.6. The van der Waals surface area contributed by atoms with Crippen LogP contribution in [0.5, 0.6) is 0 Å². The zero-order chi connectivity index (χ0) is 7.23. The number of hydrogen-bond donors (Lipinski definition) is 0. The molecule has 0 aromatic carbocycles. The number of rotatable bonds is 2. The molecule has 1 saturated carbocycles. The first-order chi connectivity index (χ1) is 4.93. The third-order valence-corrected chi connectivity index (χ3v) is 2.54. The van der Waals surface area contributed by atoms with Crippen molar-refractivity contribution in [2.45, 2.75) is 51.9 Å². The van der Waals surface area contributed by atoms with Crippen molar-refractivity contribution < 1.29 is 0 Å². The Morgan fingerprint density at radius 2 is 1.70 bits per heavy atom. The van der Waals surface area contributed by atoms with Gasteiger partial charge in [-0.3, -0.25) is 0 Å². The molecule has 0 aliphatic heterocycles. The van der Waals surface area contributed by atoms with Crippen molar-refractivity contribution in [3.05, 3.63) is 6.42 Å². The van der Waals surface area contributed by atoms with Gasteiger partial charge in [0.05, 0.1) is 0 Å². The van der Waals surface area contributed by atoms with Gasteiger partial charge in [0.25, 0.3) is 0 Å². The van der Waals surface area contributed by atoms with E-state index in [0.717, 1.165) is 5.92 Å². The van der Waals surface area contributed by atoms with Crippen molar-refractivity contribution in [2.24, 2.45) is 5.92 Å². The predicted molar refractivity (Wildman–Crippen MR) is 45.8 cm³/mol. The zero-order valence-corrected chi connectivity index (χ0v) is 7.10. The first-order valence-electron chi connectivity index (χ1n) is 4.71. The average molecular weight is 139 g/mol. The van der Waals surface area contributed by atoms with Crippen molar-refractivity contribution in [1.82, 2.24) is 0 Å². The Morgan fingerprint density at radius 1 is 1.10 bits per heavy atom.